The molecule has 0 radical (unpaired) electrons. The van der Waals surface area contributed by atoms with Gasteiger partial charge in [-0.25, -0.2) is 0 Å². The van der Waals surface area contributed by atoms with Crippen LogP contribution in [0.5, 0.6) is 5.75 Å². The molecule has 7 nitrogen and oxygen atoms in total. The van der Waals surface area contributed by atoms with E-state index in [0.29, 0.717) is 50.7 Å². The van der Waals surface area contributed by atoms with E-state index in [2.05, 4.69) is 15.6 Å². The van der Waals surface area contributed by atoms with Crippen molar-refractivity contribution in [2.24, 2.45) is 4.99 Å². The quantitative estimate of drug-likeness (QED) is 0.421. The van der Waals surface area contributed by atoms with Gasteiger partial charge in [0.15, 0.2) is 12.6 Å². The van der Waals surface area contributed by atoms with Crippen LogP contribution in [0.4, 0.5) is 18.9 Å². The number of hydrogen-bond acceptors (Lipinski definition) is 4. The second kappa shape index (κ2) is 9.34. The van der Waals surface area contributed by atoms with Crippen LogP contribution in [0.25, 0.3) is 0 Å². The number of rotatable bonds is 6. The van der Waals surface area contributed by atoms with Gasteiger partial charge in [0.2, 0.25) is 0 Å². The molecule has 0 bridgehead atoms. The Balaban J connectivity index is 1.41. The fraction of sp³-hybridized carbons (Fsp3) is 0.579. The molecule has 29 heavy (non-hydrogen) atoms. The van der Waals surface area contributed by atoms with E-state index in [9.17, 15) is 18.0 Å². The standard InChI is InChI=1S/C19H26F3N5O2/c1-23-18(25-14-7-10-26(11-14)13-19(20,21)22)24-8-4-9-27-15-5-2-3-6-16(15)29-12-17(27)28/h2-3,5-6,14H,4,7-13H2,1H3,(H2,23,24,25). The van der Waals surface area contributed by atoms with Gasteiger partial charge in [0.05, 0.1) is 12.2 Å². The van der Waals surface area contributed by atoms with E-state index in [1.54, 1.807) is 11.9 Å². The third kappa shape index (κ3) is 5.99. The van der Waals surface area contributed by atoms with Gasteiger partial charge in [0, 0.05) is 39.3 Å². The molecular weight excluding hydrogens is 387 g/mol. The maximum atomic E-state index is 12.5. The Morgan fingerprint density at radius 1 is 1.34 bits per heavy atom. The Morgan fingerprint density at radius 3 is 2.90 bits per heavy atom. The Hall–Kier alpha value is -2.49. The zero-order valence-electron chi connectivity index (χ0n) is 16.3. The first-order chi connectivity index (χ1) is 13.9. The Kier molecular flexibility index (Phi) is 6.83. The maximum absolute atomic E-state index is 12.5. The lowest BCUT2D eigenvalue weighted by molar-refractivity contribution is -0.143. The molecule has 1 unspecified atom stereocenters. The number of para-hydroxylation sites is 2. The molecule has 0 aliphatic carbocycles. The summed E-state index contributed by atoms with van der Waals surface area (Å²) in [6, 6.07) is 7.34. The van der Waals surface area contributed by atoms with E-state index in [-0.39, 0.29) is 18.6 Å². The molecule has 2 aliphatic heterocycles. The molecule has 3 rings (SSSR count). The normalized spacial score (nSPS) is 20.4. The summed E-state index contributed by atoms with van der Waals surface area (Å²) in [5, 5.41) is 6.34. The maximum Gasteiger partial charge on any atom is 0.401 e. The molecule has 1 aromatic rings. The van der Waals surface area contributed by atoms with Crippen molar-refractivity contribution in [3.05, 3.63) is 24.3 Å². The van der Waals surface area contributed by atoms with Crippen molar-refractivity contribution in [2.75, 3.05) is 51.3 Å². The number of aliphatic imine (C=N–C) groups is 1. The van der Waals surface area contributed by atoms with E-state index in [1.165, 1.54) is 4.90 Å². The Labute approximate surface area is 167 Å². The number of benzene rings is 1. The van der Waals surface area contributed by atoms with E-state index in [4.69, 9.17) is 4.74 Å². The van der Waals surface area contributed by atoms with Crippen LogP contribution in [0.15, 0.2) is 29.3 Å². The summed E-state index contributed by atoms with van der Waals surface area (Å²) >= 11 is 0. The van der Waals surface area contributed by atoms with Gasteiger partial charge in [0.25, 0.3) is 5.91 Å². The number of fused-ring (bicyclic) bond motifs is 1. The second-order valence-electron chi connectivity index (χ2n) is 7.13. The molecule has 2 N–H and O–H groups in total. The zero-order chi connectivity index (χ0) is 20.9. The largest absolute Gasteiger partial charge is 0.482 e. The molecule has 0 saturated carbocycles. The van der Waals surface area contributed by atoms with Crippen molar-refractivity contribution < 1.29 is 22.7 Å². The van der Waals surface area contributed by atoms with Crippen molar-refractivity contribution in [1.82, 2.24) is 15.5 Å². The highest BCUT2D eigenvalue weighted by Gasteiger charge is 2.34. The number of nitrogens with zero attached hydrogens (tertiary/aromatic N) is 3. The third-order valence-electron chi connectivity index (χ3n) is 4.90. The highest BCUT2D eigenvalue weighted by atomic mass is 19.4. The first-order valence-electron chi connectivity index (χ1n) is 9.64. The number of carbonyl (C=O) groups is 1. The number of alkyl halides is 3. The van der Waals surface area contributed by atoms with E-state index in [0.717, 1.165) is 5.69 Å². The van der Waals surface area contributed by atoms with Gasteiger partial charge in [-0.2, -0.15) is 13.2 Å². The monoisotopic (exact) mass is 413 g/mol. The molecule has 2 heterocycles. The van der Waals surface area contributed by atoms with Gasteiger partial charge in [-0.1, -0.05) is 12.1 Å². The SMILES string of the molecule is CN=C(NCCCN1C(=O)COc2ccccc21)NC1CCN(CC(F)(F)F)C1. The lowest BCUT2D eigenvalue weighted by Gasteiger charge is -2.29. The molecule has 160 valence electrons. The molecule has 1 atom stereocenters. The molecule has 0 spiro atoms. The first-order valence-corrected chi connectivity index (χ1v) is 9.64. The van der Waals surface area contributed by atoms with E-state index < -0.39 is 12.7 Å². The number of ether oxygens (including phenoxy) is 1. The average molecular weight is 413 g/mol. The van der Waals surface area contributed by atoms with Gasteiger partial charge in [-0.05, 0) is 25.0 Å². The van der Waals surface area contributed by atoms with Crippen LogP contribution in [0.2, 0.25) is 0 Å². The van der Waals surface area contributed by atoms with Crippen molar-refractivity contribution >= 4 is 17.6 Å². The summed E-state index contributed by atoms with van der Waals surface area (Å²) in [6.07, 6.45) is -2.86. The van der Waals surface area contributed by atoms with Crippen LogP contribution in [0.1, 0.15) is 12.8 Å². The molecular formula is C19H26F3N5O2. The molecule has 2 aliphatic rings. The van der Waals surface area contributed by atoms with Crippen LogP contribution in [0.3, 0.4) is 0 Å². The minimum Gasteiger partial charge on any atom is -0.482 e. The van der Waals surface area contributed by atoms with Crippen LogP contribution in [-0.2, 0) is 4.79 Å². The highest BCUT2D eigenvalue weighted by molar-refractivity contribution is 5.97. The van der Waals surface area contributed by atoms with Crippen LogP contribution in [0, 0.1) is 0 Å². The summed E-state index contributed by atoms with van der Waals surface area (Å²) in [6.45, 7) is 0.999. The third-order valence-corrected chi connectivity index (χ3v) is 4.90. The molecule has 1 fully saturated rings. The number of nitrogens with one attached hydrogen (secondary N) is 2. The van der Waals surface area contributed by atoms with E-state index >= 15 is 0 Å². The predicted molar refractivity (Wildman–Crippen MR) is 104 cm³/mol. The smallest absolute Gasteiger partial charge is 0.401 e. The number of anilines is 1. The summed E-state index contributed by atoms with van der Waals surface area (Å²) in [7, 11) is 1.62. The minimum absolute atomic E-state index is 0.0315. The molecule has 1 saturated heterocycles. The lowest BCUT2D eigenvalue weighted by Crippen LogP contribution is -2.46. The highest BCUT2D eigenvalue weighted by Crippen LogP contribution is 2.31. The van der Waals surface area contributed by atoms with E-state index in [1.807, 2.05) is 24.3 Å². The van der Waals surface area contributed by atoms with Gasteiger partial charge in [0.1, 0.15) is 5.75 Å². The molecule has 10 heteroatoms. The first kappa shape index (κ1) is 21.2. The minimum atomic E-state index is -4.18. The van der Waals surface area contributed by atoms with Gasteiger partial charge >= 0.3 is 6.18 Å². The number of hydrogen-bond donors (Lipinski definition) is 2. The second-order valence-corrected chi connectivity index (χ2v) is 7.13. The lowest BCUT2D eigenvalue weighted by atomic mass is 10.2. The fourth-order valence-corrected chi connectivity index (χ4v) is 3.58. The number of amides is 1. The van der Waals surface area contributed by atoms with Crippen LogP contribution in [-0.4, -0.2) is 75.4 Å². The van der Waals surface area contributed by atoms with Crippen LogP contribution >= 0.6 is 0 Å². The number of likely N-dealkylation sites (tertiary alicyclic amines) is 1. The van der Waals surface area contributed by atoms with Crippen LogP contribution < -0.4 is 20.3 Å². The topological polar surface area (TPSA) is 69.2 Å². The molecule has 1 aromatic carbocycles. The van der Waals surface area contributed by atoms with Gasteiger partial charge < -0.3 is 20.3 Å². The summed E-state index contributed by atoms with van der Waals surface area (Å²) in [5.74, 6) is 1.17. The summed E-state index contributed by atoms with van der Waals surface area (Å²) < 4.78 is 43.0. The van der Waals surface area contributed by atoms with Crippen molar-refractivity contribution in [2.45, 2.75) is 25.1 Å². The van der Waals surface area contributed by atoms with Crippen molar-refractivity contribution in [1.29, 1.82) is 0 Å². The predicted octanol–water partition coefficient (Wildman–Crippen LogP) is 1.60. The van der Waals surface area contributed by atoms with Gasteiger partial charge in [-0.15, -0.1) is 0 Å². The van der Waals surface area contributed by atoms with Gasteiger partial charge in [-0.3, -0.25) is 14.7 Å². The Bertz CT molecular complexity index is 741. The van der Waals surface area contributed by atoms with Crippen molar-refractivity contribution in [3.63, 3.8) is 0 Å². The zero-order valence-corrected chi connectivity index (χ0v) is 16.3. The average Bonchev–Trinajstić information content (AvgIpc) is 3.10. The fourth-order valence-electron chi connectivity index (χ4n) is 3.58. The Morgan fingerprint density at radius 2 is 2.14 bits per heavy atom. The summed E-state index contributed by atoms with van der Waals surface area (Å²) in [4.78, 5) is 19.4. The number of halogens is 3. The number of guanidine groups is 1. The number of carbonyl (C=O) groups excluding carboxylic acids is 1. The summed E-state index contributed by atoms with van der Waals surface area (Å²) in [5.41, 5.74) is 0.766. The molecule has 0 aromatic heterocycles. The van der Waals surface area contributed by atoms with Crippen molar-refractivity contribution in [3.8, 4) is 5.75 Å². The molecule has 1 amide bonds.